The first-order valence-corrected chi connectivity index (χ1v) is 19.2. The summed E-state index contributed by atoms with van der Waals surface area (Å²) in [6.45, 7) is 4.10. The van der Waals surface area contributed by atoms with E-state index in [1.165, 1.54) is 141 Å². The summed E-state index contributed by atoms with van der Waals surface area (Å²) in [4.78, 5) is 12.1. The molecular formula is C40H75NO3. The zero-order chi connectivity index (χ0) is 32.2. The number of hydrogen-bond acceptors (Lipinski definition) is 3. The van der Waals surface area contributed by atoms with Crippen molar-refractivity contribution >= 4 is 5.91 Å². The van der Waals surface area contributed by atoms with Crippen LogP contribution in [0.25, 0.3) is 0 Å². The maximum absolute atomic E-state index is 12.1. The van der Waals surface area contributed by atoms with Gasteiger partial charge >= 0.3 is 0 Å². The van der Waals surface area contributed by atoms with E-state index in [-0.39, 0.29) is 12.5 Å². The van der Waals surface area contributed by atoms with Crippen LogP contribution in [0, 0.1) is 0 Å². The Morgan fingerprint density at radius 2 is 0.977 bits per heavy atom. The minimum absolute atomic E-state index is 0.0760. The molecule has 258 valence electrons. The maximum Gasteiger partial charge on any atom is 0.220 e. The van der Waals surface area contributed by atoms with Gasteiger partial charge in [0, 0.05) is 6.42 Å². The predicted molar refractivity (Wildman–Crippen MR) is 193 cm³/mol. The van der Waals surface area contributed by atoms with Crippen molar-refractivity contribution < 1.29 is 15.0 Å². The number of carbonyl (C=O) groups excluding carboxylic acids is 1. The minimum atomic E-state index is -0.833. The Balaban J connectivity index is 3.35. The molecule has 0 aliphatic carbocycles. The molecule has 0 spiro atoms. The van der Waals surface area contributed by atoms with Crippen LogP contribution in [0.4, 0.5) is 0 Å². The van der Waals surface area contributed by atoms with E-state index in [0.29, 0.717) is 6.42 Å². The van der Waals surface area contributed by atoms with Gasteiger partial charge in [0.25, 0.3) is 0 Å². The fourth-order valence-corrected chi connectivity index (χ4v) is 5.63. The third-order valence-electron chi connectivity index (χ3n) is 8.60. The topological polar surface area (TPSA) is 69.6 Å². The standard InChI is InChI=1S/C40H75NO3/c1-3-5-7-8-9-10-11-12-13-14-15-16-17-18-19-20-21-22-23-24-25-26-27-28-29-30-31-32-34-36-40(44)41-38(37-42)39(43)35-33-6-4-2/h11-12,14-15,33,35,38-39,42-43H,3-10,13,16-32,34,36-37H2,1-2H3,(H,41,44)/b12-11-,15-14-,35-33+. The van der Waals surface area contributed by atoms with Crippen molar-refractivity contribution in [2.45, 2.75) is 206 Å². The van der Waals surface area contributed by atoms with Crippen LogP contribution in [0.1, 0.15) is 194 Å². The fraction of sp³-hybridized carbons (Fsp3) is 0.825. The van der Waals surface area contributed by atoms with Gasteiger partial charge in [0.05, 0.1) is 18.8 Å². The lowest BCUT2D eigenvalue weighted by molar-refractivity contribution is -0.123. The maximum atomic E-state index is 12.1. The largest absolute Gasteiger partial charge is 0.394 e. The highest BCUT2D eigenvalue weighted by molar-refractivity contribution is 5.76. The Morgan fingerprint density at radius 3 is 1.41 bits per heavy atom. The quantitative estimate of drug-likeness (QED) is 0.0497. The molecule has 0 saturated heterocycles. The molecular weight excluding hydrogens is 542 g/mol. The smallest absolute Gasteiger partial charge is 0.220 e. The van der Waals surface area contributed by atoms with Crippen molar-refractivity contribution in [1.29, 1.82) is 0 Å². The molecule has 4 heteroatoms. The van der Waals surface area contributed by atoms with E-state index in [2.05, 4.69) is 43.5 Å². The summed E-state index contributed by atoms with van der Waals surface area (Å²) in [6.07, 6.45) is 47.4. The van der Waals surface area contributed by atoms with Crippen LogP contribution in [0.3, 0.4) is 0 Å². The van der Waals surface area contributed by atoms with Crippen molar-refractivity contribution in [3.05, 3.63) is 36.5 Å². The summed E-state index contributed by atoms with van der Waals surface area (Å²) in [7, 11) is 0. The Labute approximate surface area is 274 Å². The van der Waals surface area contributed by atoms with E-state index in [1.54, 1.807) is 6.08 Å². The van der Waals surface area contributed by atoms with Gasteiger partial charge in [-0.1, -0.05) is 179 Å². The Hall–Kier alpha value is -1.39. The average molecular weight is 618 g/mol. The number of carbonyl (C=O) groups is 1. The van der Waals surface area contributed by atoms with E-state index < -0.39 is 12.1 Å². The van der Waals surface area contributed by atoms with Crippen LogP contribution in [0.15, 0.2) is 36.5 Å². The normalized spacial score (nSPS) is 13.5. The molecule has 0 aromatic heterocycles. The molecule has 0 bridgehead atoms. The van der Waals surface area contributed by atoms with Crippen molar-refractivity contribution in [3.8, 4) is 0 Å². The van der Waals surface area contributed by atoms with Crippen molar-refractivity contribution in [1.82, 2.24) is 5.32 Å². The van der Waals surface area contributed by atoms with Gasteiger partial charge in [-0.05, 0) is 44.9 Å². The second-order valence-corrected chi connectivity index (χ2v) is 13.0. The van der Waals surface area contributed by atoms with Gasteiger partial charge in [0.15, 0.2) is 0 Å². The van der Waals surface area contributed by atoms with E-state index in [0.717, 1.165) is 32.1 Å². The first-order chi connectivity index (χ1) is 21.7. The lowest BCUT2D eigenvalue weighted by atomic mass is 10.0. The highest BCUT2D eigenvalue weighted by Gasteiger charge is 2.17. The Bertz CT molecular complexity index is 672. The third-order valence-corrected chi connectivity index (χ3v) is 8.60. The Kier molecular flexibility index (Phi) is 34.9. The molecule has 2 atom stereocenters. The summed E-state index contributed by atoms with van der Waals surface area (Å²) in [5, 5.41) is 22.3. The lowest BCUT2D eigenvalue weighted by Crippen LogP contribution is -2.45. The second kappa shape index (κ2) is 36.1. The summed E-state index contributed by atoms with van der Waals surface area (Å²) in [5.41, 5.74) is 0. The minimum Gasteiger partial charge on any atom is -0.394 e. The van der Waals surface area contributed by atoms with Gasteiger partial charge in [0.2, 0.25) is 5.91 Å². The van der Waals surface area contributed by atoms with E-state index in [1.807, 2.05) is 6.08 Å². The van der Waals surface area contributed by atoms with Crippen LogP contribution in [-0.2, 0) is 4.79 Å². The monoisotopic (exact) mass is 618 g/mol. The number of amides is 1. The molecule has 0 heterocycles. The highest BCUT2D eigenvalue weighted by atomic mass is 16.3. The van der Waals surface area contributed by atoms with Gasteiger partial charge in [-0.3, -0.25) is 4.79 Å². The number of aliphatic hydroxyl groups is 2. The first-order valence-electron chi connectivity index (χ1n) is 19.2. The van der Waals surface area contributed by atoms with E-state index in [4.69, 9.17) is 0 Å². The molecule has 4 nitrogen and oxygen atoms in total. The number of unbranched alkanes of at least 4 members (excludes halogenated alkanes) is 23. The SMILES string of the molecule is CCC/C=C/C(O)C(CO)NC(=O)CCCCCCCCCCCCCCCCCCC/C=C\C/C=C\CCCCCCC. The van der Waals surface area contributed by atoms with Gasteiger partial charge in [-0.25, -0.2) is 0 Å². The van der Waals surface area contributed by atoms with Gasteiger partial charge in [-0.2, -0.15) is 0 Å². The molecule has 0 fully saturated rings. The van der Waals surface area contributed by atoms with Gasteiger partial charge < -0.3 is 15.5 Å². The van der Waals surface area contributed by atoms with Crippen LogP contribution < -0.4 is 5.32 Å². The number of rotatable bonds is 34. The summed E-state index contributed by atoms with van der Waals surface area (Å²) in [5.74, 6) is -0.0760. The average Bonchev–Trinajstić information content (AvgIpc) is 3.02. The Morgan fingerprint density at radius 1 is 0.545 bits per heavy atom. The van der Waals surface area contributed by atoms with Crippen LogP contribution >= 0.6 is 0 Å². The molecule has 0 radical (unpaired) electrons. The van der Waals surface area contributed by atoms with Crippen molar-refractivity contribution in [2.24, 2.45) is 0 Å². The molecule has 1 amide bonds. The molecule has 0 aliphatic rings. The first kappa shape index (κ1) is 42.6. The summed E-state index contributed by atoms with van der Waals surface area (Å²) in [6, 6.07) is -0.615. The van der Waals surface area contributed by atoms with Gasteiger partial charge in [-0.15, -0.1) is 0 Å². The van der Waals surface area contributed by atoms with E-state index in [9.17, 15) is 15.0 Å². The fourth-order valence-electron chi connectivity index (χ4n) is 5.63. The molecule has 0 saturated carbocycles. The van der Waals surface area contributed by atoms with Crippen molar-refractivity contribution in [2.75, 3.05) is 6.61 Å². The summed E-state index contributed by atoms with van der Waals surface area (Å²) >= 11 is 0. The molecule has 0 rings (SSSR count). The van der Waals surface area contributed by atoms with Crippen LogP contribution in [0.5, 0.6) is 0 Å². The van der Waals surface area contributed by atoms with Crippen LogP contribution in [-0.4, -0.2) is 34.9 Å². The van der Waals surface area contributed by atoms with Gasteiger partial charge in [0.1, 0.15) is 0 Å². The van der Waals surface area contributed by atoms with Crippen molar-refractivity contribution in [3.63, 3.8) is 0 Å². The molecule has 0 aromatic rings. The lowest BCUT2D eigenvalue weighted by Gasteiger charge is -2.19. The third kappa shape index (κ3) is 32.0. The number of allylic oxidation sites excluding steroid dienone is 5. The molecule has 0 aliphatic heterocycles. The highest BCUT2D eigenvalue weighted by Crippen LogP contribution is 2.15. The number of nitrogens with one attached hydrogen (secondary N) is 1. The zero-order valence-electron chi connectivity index (χ0n) is 29.4. The van der Waals surface area contributed by atoms with Crippen LogP contribution in [0.2, 0.25) is 0 Å². The number of aliphatic hydroxyl groups excluding tert-OH is 2. The zero-order valence-corrected chi connectivity index (χ0v) is 29.4. The molecule has 2 unspecified atom stereocenters. The second-order valence-electron chi connectivity index (χ2n) is 13.0. The number of hydrogen-bond donors (Lipinski definition) is 3. The molecule has 0 aromatic carbocycles. The molecule has 44 heavy (non-hydrogen) atoms. The molecule has 3 N–H and O–H groups in total. The van der Waals surface area contributed by atoms with E-state index >= 15 is 0 Å². The predicted octanol–water partition coefficient (Wildman–Crippen LogP) is 11.5. The summed E-state index contributed by atoms with van der Waals surface area (Å²) < 4.78 is 0.